The Morgan fingerprint density at radius 1 is 1.14 bits per heavy atom. The highest BCUT2D eigenvalue weighted by Gasteiger charge is 2.35. The number of aliphatic imine (C=N–C) groups is 1. The molecule has 0 aromatic carbocycles. The smallest absolute Gasteiger partial charge is 0.193 e. The molecule has 21 heavy (non-hydrogen) atoms. The Morgan fingerprint density at radius 3 is 2.48 bits per heavy atom. The Hall–Kier alpha value is -0.770. The topological polar surface area (TPSA) is 36.9 Å². The number of ether oxygens (including phenoxy) is 1. The van der Waals surface area contributed by atoms with Gasteiger partial charge < -0.3 is 15.0 Å². The van der Waals surface area contributed by atoms with Gasteiger partial charge in [-0.1, -0.05) is 12.8 Å². The summed E-state index contributed by atoms with van der Waals surface area (Å²) < 4.78 is 5.09. The van der Waals surface area contributed by atoms with E-state index in [0.717, 1.165) is 43.9 Å². The lowest BCUT2D eigenvalue weighted by Gasteiger charge is -2.22. The Balaban J connectivity index is 1.78. The zero-order chi connectivity index (χ0) is 14.9. The van der Waals surface area contributed by atoms with Crippen molar-refractivity contribution in [2.24, 2.45) is 16.8 Å². The molecule has 2 unspecified atom stereocenters. The monoisotopic (exact) mass is 295 g/mol. The molecule has 1 aliphatic carbocycles. The van der Waals surface area contributed by atoms with E-state index in [1.807, 2.05) is 0 Å². The van der Waals surface area contributed by atoms with Gasteiger partial charge in [0, 0.05) is 39.9 Å². The fraction of sp³-hybridized carbons (Fsp3) is 0.941. The van der Waals surface area contributed by atoms with Crippen LogP contribution in [0.1, 0.15) is 51.9 Å². The molecule has 1 saturated heterocycles. The Kier molecular flexibility index (Phi) is 7.34. The zero-order valence-electron chi connectivity index (χ0n) is 13.9. The molecule has 4 heteroatoms. The van der Waals surface area contributed by atoms with E-state index in [0.29, 0.717) is 0 Å². The second kappa shape index (κ2) is 9.29. The van der Waals surface area contributed by atoms with Crippen LogP contribution in [0.25, 0.3) is 0 Å². The molecular formula is C17H33N3O. The maximum Gasteiger partial charge on any atom is 0.193 e. The lowest BCUT2D eigenvalue weighted by atomic mass is 9.82. The molecule has 0 spiro atoms. The molecule has 2 atom stereocenters. The van der Waals surface area contributed by atoms with Gasteiger partial charge in [-0.05, 0) is 50.9 Å². The van der Waals surface area contributed by atoms with Crippen LogP contribution in [0.15, 0.2) is 4.99 Å². The van der Waals surface area contributed by atoms with Gasteiger partial charge in [-0.3, -0.25) is 4.99 Å². The number of hydrogen-bond acceptors (Lipinski definition) is 2. The number of unbranched alkanes of at least 4 members (excludes halogenated alkanes) is 2. The van der Waals surface area contributed by atoms with Crippen molar-refractivity contribution in [3.63, 3.8) is 0 Å². The molecule has 0 amide bonds. The molecule has 0 bridgehead atoms. The SMILES string of the molecule is CCNC(=NCCCCCOC)N1CC2CCCCC2C1. The quantitative estimate of drug-likeness (QED) is 0.446. The number of likely N-dealkylation sites (tertiary alicyclic amines) is 1. The first-order valence-corrected chi connectivity index (χ1v) is 8.87. The largest absolute Gasteiger partial charge is 0.385 e. The summed E-state index contributed by atoms with van der Waals surface area (Å²) in [5.74, 6) is 2.99. The molecule has 0 aromatic rings. The number of nitrogens with one attached hydrogen (secondary N) is 1. The lowest BCUT2D eigenvalue weighted by molar-refractivity contribution is 0.192. The fourth-order valence-electron chi connectivity index (χ4n) is 3.72. The van der Waals surface area contributed by atoms with Crippen LogP contribution in [0, 0.1) is 11.8 Å². The number of nitrogens with zero attached hydrogens (tertiary/aromatic N) is 2. The number of methoxy groups -OCH3 is 1. The summed E-state index contributed by atoms with van der Waals surface area (Å²) in [5.41, 5.74) is 0. The first kappa shape index (κ1) is 16.6. The Bertz CT molecular complexity index is 305. The van der Waals surface area contributed by atoms with Crippen LogP contribution in [-0.2, 0) is 4.74 Å². The number of fused-ring (bicyclic) bond motifs is 1. The highest BCUT2D eigenvalue weighted by molar-refractivity contribution is 5.80. The molecule has 1 N–H and O–H groups in total. The predicted octanol–water partition coefficient (Wildman–Crippen LogP) is 2.89. The Morgan fingerprint density at radius 2 is 1.86 bits per heavy atom. The van der Waals surface area contributed by atoms with Crippen molar-refractivity contribution in [3.8, 4) is 0 Å². The van der Waals surface area contributed by atoms with Gasteiger partial charge >= 0.3 is 0 Å². The summed E-state index contributed by atoms with van der Waals surface area (Å²) in [4.78, 5) is 7.35. The van der Waals surface area contributed by atoms with Crippen molar-refractivity contribution < 1.29 is 4.74 Å². The van der Waals surface area contributed by atoms with E-state index in [-0.39, 0.29) is 0 Å². The van der Waals surface area contributed by atoms with Gasteiger partial charge in [0.25, 0.3) is 0 Å². The van der Waals surface area contributed by atoms with E-state index in [2.05, 4.69) is 17.1 Å². The second-order valence-electron chi connectivity index (χ2n) is 6.50. The van der Waals surface area contributed by atoms with Gasteiger partial charge in [0.2, 0.25) is 0 Å². The fourth-order valence-corrected chi connectivity index (χ4v) is 3.72. The van der Waals surface area contributed by atoms with Gasteiger partial charge in [0.15, 0.2) is 5.96 Å². The van der Waals surface area contributed by atoms with E-state index in [4.69, 9.17) is 9.73 Å². The minimum atomic E-state index is 0.874. The van der Waals surface area contributed by atoms with Crippen molar-refractivity contribution in [3.05, 3.63) is 0 Å². The summed E-state index contributed by atoms with van der Waals surface area (Å²) in [5, 5.41) is 3.49. The molecule has 1 heterocycles. The maximum absolute atomic E-state index is 5.09. The normalized spacial score (nSPS) is 26.0. The van der Waals surface area contributed by atoms with E-state index >= 15 is 0 Å². The van der Waals surface area contributed by atoms with E-state index in [1.54, 1.807) is 7.11 Å². The molecule has 122 valence electrons. The van der Waals surface area contributed by atoms with Crippen LogP contribution in [0.4, 0.5) is 0 Å². The maximum atomic E-state index is 5.09. The Labute approximate surface area is 130 Å². The predicted molar refractivity (Wildman–Crippen MR) is 88.7 cm³/mol. The molecular weight excluding hydrogens is 262 g/mol. The summed E-state index contributed by atoms with van der Waals surface area (Å²) in [6.07, 6.45) is 9.25. The third-order valence-electron chi connectivity index (χ3n) is 4.88. The summed E-state index contributed by atoms with van der Waals surface area (Å²) >= 11 is 0. The minimum absolute atomic E-state index is 0.874. The number of guanidine groups is 1. The average Bonchev–Trinajstić information content (AvgIpc) is 2.93. The van der Waals surface area contributed by atoms with Gasteiger partial charge in [0.1, 0.15) is 0 Å². The highest BCUT2D eigenvalue weighted by atomic mass is 16.5. The minimum Gasteiger partial charge on any atom is -0.385 e. The third kappa shape index (κ3) is 5.17. The van der Waals surface area contributed by atoms with Crippen LogP contribution in [-0.4, -0.2) is 50.8 Å². The average molecular weight is 295 g/mol. The summed E-state index contributed by atoms with van der Waals surface area (Å²) in [6.45, 7) is 7.39. The van der Waals surface area contributed by atoms with E-state index in [1.165, 1.54) is 51.6 Å². The number of rotatable bonds is 7. The van der Waals surface area contributed by atoms with E-state index < -0.39 is 0 Å². The lowest BCUT2D eigenvalue weighted by Crippen LogP contribution is -2.40. The van der Waals surface area contributed by atoms with Crippen LogP contribution in [0.3, 0.4) is 0 Å². The van der Waals surface area contributed by atoms with Crippen molar-refractivity contribution in [2.75, 3.05) is 39.9 Å². The molecule has 2 rings (SSSR count). The number of hydrogen-bond donors (Lipinski definition) is 1. The van der Waals surface area contributed by atoms with Crippen LogP contribution in [0.5, 0.6) is 0 Å². The van der Waals surface area contributed by atoms with Gasteiger partial charge in [0.05, 0.1) is 0 Å². The van der Waals surface area contributed by atoms with Crippen LogP contribution in [0.2, 0.25) is 0 Å². The molecule has 1 aliphatic heterocycles. The first-order valence-electron chi connectivity index (χ1n) is 8.87. The molecule has 2 fully saturated rings. The van der Waals surface area contributed by atoms with Crippen LogP contribution >= 0.6 is 0 Å². The molecule has 1 saturated carbocycles. The van der Waals surface area contributed by atoms with Gasteiger partial charge in [-0.2, -0.15) is 0 Å². The van der Waals surface area contributed by atoms with Gasteiger partial charge in [-0.15, -0.1) is 0 Å². The van der Waals surface area contributed by atoms with E-state index in [9.17, 15) is 0 Å². The van der Waals surface area contributed by atoms with Gasteiger partial charge in [-0.25, -0.2) is 0 Å². The highest BCUT2D eigenvalue weighted by Crippen LogP contribution is 2.35. The molecule has 4 nitrogen and oxygen atoms in total. The van der Waals surface area contributed by atoms with Crippen molar-refractivity contribution in [1.82, 2.24) is 10.2 Å². The van der Waals surface area contributed by atoms with Crippen molar-refractivity contribution in [2.45, 2.75) is 51.9 Å². The zero-order valence-corrected chi connectivity index (χ0v) is 13.9. The molecule has 0 radical (unpaired) electrons. The molecule has 2 aliphatic rings. The standard InChI is InChI=1S/C17H33N3O/c1-3-18-17(19-11-7-4-8-12-21-2)20-13-15-9-5-6-10-16(15)14-20/h15-16H,3-14H2,1-2H3,(H,18,19). The molecule has 0 aromatic heterocycles. The summed E-state index contributed by atoms with van der Waals surface area (Å²) in [6, 6.07) is 0. The van der Waals surface area contributed by atoms with Crippen molar-refractivity contribution in [1.29, 1.82) is 0 Å². The third-order valence-corrected chi connectivity index (χ3v) is 4.88. The first-order chi connectivity index (χ1) is 10.3. The van der Waals surface area contributed by atoms with Crippen LogP contribution < -0.4 is 5.32 Å². The second-order valence-corrected chi connectivity index (χ2v) is 6.50. The summed E-state index contributed by atoms with van der Waals surface area (Å²) in [7, 11) is 1.77. The van der Waals surface area contributed by atoms with Crippen molar-refractivity contribution >= 4 is 5.96 Å².